The molecule has 1 heterocycles. The molecule has 2 unspecified atom stereocenters. The van der Waals surface area contributed by atoms with E-state index in [-0.39, 0.29) is 30.4 Å². The van der Waals surface area contributed by atoms with Crippen molar-refractivity contribution in [3.8, 4) is 0 Å². The third-order valence-corrected chi connectivity index (χ3v) is 3.80. The van der Waals surface area contributed by atoms with Crippen molar-refractivity contribution in [2.24, 2.45) is 5.92 Å². The quantitative estimate of drug-likeness (QED) is 0.756. The van der Waals surface area contributed by atoms with Crippen LogP contribution in [0.15, 0.2) is 30.3 Å². The summed E-state index contributed by atoms with van der Waals surface area (Å²) in [5.41, 5.74) is 1.10. The standard InChI is InChI=1S/C16H25N3O.ClH/c1-12(2)15(19-13-7-4-3-5-8-13)11-18-16(20)14-9-6-10-17-14;/h3-5,7-8,12,14-15,17,19H,6,9-11H2,1-2H3,(H,18,20);1H. The third kappa shape index (κ3) is 5.56. The Morgan fingerprint density at radius 1 is 1.33 bits per heavy atom. The van der Waals surface area contributed by atoms with Crippen molar-refractivity contribution in [3.05, 3.63) is 30.3 Å². The number of carbonyl (C=O) groups excluding carboxylic acids is 1. The highest BCUT2D eigenvalue weighted by atomic mass is 35.5. The second kappa shape index (κ2) is 8.90. The van der Waals surface area contributed by atoms with E-state index in [0.29, 0.717) is 12.5 Å². The van der Waals surface area contributed by atoms with Crippen LogP contribution in [0.4, 0.5) is 5.69 Å². The molecule has 1 fully saturated rings. The van der Waals surface area contributed by atoms with E-state index in [9.17, 15) is 4.79 Å². The minimum atomic E-state index is -0.000428. The van der Waals surface area contributed by atoms with Crippen LogP contribution in [0.1, 0.15) is 26.7 Å². The Bertz CT molecular complexity index is 419. The van der Waals surface area contributed by atoms with E-state index in [1.165, 1.54) is 0 Å². The lowest BCUT2D eigenvalue weighted by atomic mass is 10.0. The van der Waals surface area contributed by atoms with Crippen LogP contribution in [-0.2, 0) is 4.79 Å². The first-order valence-electron chi connectivity index (χ1n) is 7.49. The summed E-state index contributed by atoms with van der Waals surface area (Å²) >= 11 is 0. The molecule has 0 aliphatic carbocycles. The Morgan fingerprint density at radius 3 is 2.62 bits per heavy atom. The molecule has 1 saturated heterocycles. The number of halogens is 1. The molecule has 1 aromatic carbocycles. The third-order valence-electron chi connectivity index (χ3n) is 3.80. The van der Waals surface area contributed by atoms with E-state index >= 15 is 0 Å². The first kappa shape index (κ1) is 17.8. The highest BCUT2D eigenvalue weighted by molar-refractivity contribution is 5.85. The number of amides is 1. The van der Waals surface area contributed by atoms with Gasteiger partial charge in [-0.25, -0.2) is 0 Å². The highest BCUT2D eigenvalue weighted by Crippen LogP contribution is 2.12. The van der Waals surface area contributed by atoms with Crippen molar-refractivity contribution < 1.29 is 4.79 Å². The molecule has 2 rings (SSSR count). The zero-order valence-corrected chi connectivity index (χ0v) is 13.6. The molecule has 0 radical (unpaired) electrons. The van der Waals surface area contributed by atoms with E-state index in [1.807, 2.05) is 18.2 Å². The Hall–Kier alpha value is -1.26. The van der Waals surface area contributed by atoms with Crippen molar-refractivity contribution in [2.75, 3.05) is 18.4 Å². The molecule has 0 spiro atoms. The van der Waals surface area contributed by atoms with Gasteiger partial charge >= 0.3 is 0 Å². The van der Waals surface area contributed by atoms with Gasteiger partial charge in [0.25, 0.3) is 0 Å². The molecule has 2 atom stereocenters. The van der Waals surface area contributed by atoms with Crippen LogP contribution in [0.25, 0.3) is 0 Å². The second-order valence-electron chi connectivity index (χ2n) is 5.75. The molecule has 4 nitrogen and oxygen atoms in total. The molecule has 1 amide bonds. The molecule has 5 heteroatoms. The lowest BCUT2D eigenvalue weighted by molar-refractivity contribution is -0.122. The highest BCUT2D eigenvalue weighted by Gasteiger charge is 2.23. The summed E-state index contributed by atoms with van der Waals surface area (Å²) in [7, 11) is 0. The molecule has 0 aromatic heterocycles. The Morgan fingerprint density at radius 2 is 2.05 bits per heavy atom. The number of benzene rings is 1. The molecule has 3 N–H and O–H groups in total. The van der Waals surface area contributed by atoms with Crippen molar-refractivity contribution in [2.45, 2.75) is 38.8 Å². The normalized spacial score (nSPS) is 18.9. The predicted octanol–water partition coefficient (Wildman–Crippen LogP) is 2.41. The van der Waals surface area contributed by atoms with E-state index in [2.05, 4.69) is 41.9 Å². The zero-order chi connectivity index (χ0) is 14.4. The van der Waals surface area contributed by atoms with Gasteiger partial charge < -0.3 is 16.0 Å². The molecule has 0 saturated carbocycles. The summed E-state index contributed by atoms with van der Waals surface area (Å²) in [6.45, 7) is 5.94. The van der Waals surface area contributed by atoms with Crippen LogP contribution in [0.5, 0.6) is 0 Å². The van der Waals surface area contributed by atoms with Gasteiger partial charge in [-0.1, -0.05) is 32.0 Å². The maximum absolute atomic E-state index is 12.0. The fraction of sp³-hybridized carbons (Fsp3) is 0.562. The smallest absolute Gasteiger partial charge is 0.237 e. The monoisotopic (exact) mass is 311 g/mol. The summed E-state index contributed by atoms with van der Waals surface area (Å²) in [5.74, 6) is 0.579. The number of hydrogen-bond donors (Lipinski definition) is 3. The number of carbonyl (C=O) groups is 1. The molecular weight excluding hydrogens is 286 g/mol. The largest absolute Gasteiger partial charge is 0.380 e. The minimum Gasteiger partial charge on any atom is -0.380 e. The maximum atomic E-state index is 12.0. The van der Waals surface area contributed by atoms with Gasteiger partial charge in [-0.15, -0.1) is 12.4 Å². The average molecular weight is 312 g/mol. The topological polar surface area (TPSA) is 53.2 Å². The molecular formula is C16H26ClN3O. The lowest BCUT2D eigenvalue weighted by Gasteiger charge is -2.24. The first-order valence-corrected chi connectivity index (χ1v) is 7.49. The van der Waals surface area contributed by atoms with Crippen LogP contribution < -0.4 is 16.0 Å². The van der Waals surface area contributed by atoms with E-state index < -0.39 is 0 Å². The SMILES string of the molecule is CC(C)C(CNC(=O)C1CCCN1)Nc1ccccc1.Cl. The zero-order valence-electron chi connectivity index (χ0n) is 12.8. The molecule has 118 valence electrons. The van der Waals surface area contributed by atoms with Gasteiger partial charge in [0.15, 0.2) is 0 Å². The second-order valence-corrected chi connectivity index (χ2v) is 5.75. The van der Waals surface area contributed by atoms with Gasteiger partial charge in [0.05, 0.1) is 6.04 Å². The predicted molar refractivity (Wildman–Crippen MR) is 90.0 cm³/mol. The van der Waals surface area contributed by atoms with Crippen LogP contribution in [0.3, 0.4) is 0 Å². The molecule has 1 aromatic rings. The number of nitrogens with one attached hydrogen (secondary N) is 3. The summed E-state index contributed by atoms with van der Waals surface area (Å²) in [5, 5.41) is 9.78. The van der Waals surface area contributed by atoms with Crippen molar-refractivity contribution in [3.63, 3.8) is 0 Å². The van der Waals surface area contributed by atoms with Crippen molar-refractivity contribution in [1.82, 2.24) is 10.6 Å². The van der Waals surface area contributed by atoms with E-state index in [4.69, 9.17) is 0 Å². The summed E-state index contributed by atoms with van der Waals surface area (Å²) in [6, 6.07) is 10.4. The number of hydrogen-bond acceptors (Lipinski definition) is 3. The van der Waals surface area contributed by atoms with E-state index in [1.54, 1.807) is 0 Å². The Balaban J connectivity index is 0.00000220. The fourth-order valence-electron chi connectivity index (χ4n) is 2.44. The van der Waals surface area contributed by atoms with Crippen LogP contribution >= 0.6 is 12.4 Å². The van der Waals surface area contributed by atoms with Crippen molar-refractivity contribution >= 4 is 24.0 Å². The van der Waals surface area contributed by atoms with Crippen LogP contribution in [0, 0.1) is 5.92 Å². The summed E-state index contributed by atoms with van der Waals surface area (Å²) in [6.07, 6.45) is 2.04. The Kier molecular flexibility index (Phi) is 7.54. The first-order chi connectivity index (χ1) is 9.66. The van der Waals surface area contributed by atoms with Crippen LogP contribution in [-0.4, -0.2) is 31.1 Å². The van der Waals surface area contributed by atoms with Crippen molar-refractivity contribution in [1.29, 1.82) is 0 Å². The summed E-state index contributed by atoms with van der Waals surface area (Å²) < 4.78 is 0. The Labute approximate surface area is 133 Å². The van der Waals surface area contributed by atoms with Gasteiger partial charge in [-0.2, -0.15) is 0 Å². The molecule has 0 bridgehead atoms. The van der Waals surface area contributed by atoms with Gasteiger partial charge in [-0.05, 0) is 37.4 Å². The minimum absolute atomic E-state index is 0. The lowest BCUT2D eigenvalue weighted by Crippen LogP contribution is -2.46. The van der Waals surface area contributed by atoms with Gasteiger partial charge in [-0.3, -0.25) is 4.79 Å². The molecule has 21 heavy (non-hydrogen) atoms. The van der Waals surface area contributed by atoms with Gasteiger partial charge in [0.1, 0.15) is 0 Å². The molecule has 1 aliphatic heterocycles. The fourth-order valence-corrected chi connectivity index (χ4v) is 2.44. The number of para-hydroxylation sites is 1. The number of anilines is 1. The summed E-state index contributed by atoms with van der Waals surface area (Å²) in [4.78, 5) is 12.0. The number of rotatable bonds is 6. The van der Waals surface area contributed by atoms with E-state index in [0.717, 1.165) is 25.1 Å². The van der Waals surface area contributed by atoms with Crippen LogP contribution in [0.2, 0.25) is 0 Å². The average Bonchev–Trinajstić information content (AvgIpc) is 2.98. The van der Waals surface area contributed by atoms with Gasteiger partial charge in [0, 0.05) is 18.3 Å². The molecule has 1 aliphatic rings. The maximum Gasteiger partial charge on any atom is 0.237 e. The van der Waals surface area contributed by atoms with Gasteiger partial charge in [0.2, 0.25) is 5.91 Å².